The summed E-state index contributed by atoms with van der Waals surface area (Å²) >= 11 is 0. The third-order valence-electron chi connectivity index (χ3n) is 4.36. The van der Waals surface area contributed by atoms with E-state index in [1.54, 1.807) is 6.26 Å². The van der Waals surface area contributed by atoms with E-state index in [0.29, 0.717) is 24.6 Å². The van der Waals surface area contributed by atoms with Crippen LogP contribution in [0.1, 0.15) is 23.2 Å². The van der Waals surface area contributed by atoms with E-state index in [-0.39, 0.29) is 11.4 Å². The van der Waals surface area contributed by atoms with Crippen molar-refractivity contribution in [3.63, 3.8) is 0 Å². The molecule has 1 aliphatic carbocycles. The van der Waals surface area contributed by atoms with Crippen molar-refractivity contribution in [3.05, 3.63) is 36.1 Å². The molecule has 2 aliphatic rings. The highest BCUT2D eigenvalue weighted by Gasteiger charge is 2.51. The molecule has 0 radical (unpaired) electrons. The molecule has 0 spiro atoms. The molecule has 0 unspecified atom stereocenters. The maximum atomic E-state index is 12.4. The highest BCUT2D eigenvalue weighted by Crippen LogP contribution is 2.43. The van der Waals surface area contributed by atoms with Crippen LogP contribution in [0.25, 0.3) is 11.0 Å². The second-order valence-corrected chi connectivity index (χ2v) is 5.81. The smallest absolute Gasteiger partial charge is 0.257 e. The van der Waals surface area contributed by atoms with Gasteiger partial charge in [-0.2, -0.15) is 0 Å². The molecule has 2 fully saturated rings. The minimum absolute atomic E-state index is 0.0340. The van der Waals surface area contributed by atoms with Crippen molar-refractivity contribution in [2.75, 3.05) is 13.1 Å². The topological polar surface area (TPSA) is 59.5 Å². The number of benzene rings is 1. The van der Waals surface area contributed by atoms with E-state index in [4.69, 9.17) is 10.2 Å². The fourth-order valence-corrected chi connectivity index (χ4v) is 3.04. The number of carbonyl (C=O) groups excluding carboxylic acids is 1. The van der Waals surface area contributed by atoms with E-state index in [1.807, 2.05) is 29.2 Å². The summed E-state index contributed by atoms with van der Waals surface area (Å²) in [6.45, 7) is 1.35. The Kier molecular flexibility index (Phi) is 2.10. The first-order chi connectivity index (χ1) is 9.17. The molecule has 2 aromatic rings. The first kappa shape index (κ1) is 11.1. The summed E-state index contributed by atoms with van der Waals surface area (Å²) in [6, 6.07) is 7.62. The van der Waals surface area contributed by atoms with Gasteiger partial charge in [0.15, 0.2) is 0 Å². The Morgan fingerprint density at radius 3 is 2.79 bits per heavy atom. The molecule has 4 nitrogen and oxygen atoms in total. The number of hydrogen-bond acceptors (Lipinski definition) is 3. The number of fused-ring (bicyclic) bond motifs is 1. The van der Waals surface area contributed by atoms with Crippen molar-refractivity contribution in [1.29, 1.82) is 0 Å². The Hall–Kier alpha value is -1.81. The average Bonchev–Trinajstić information content (AvgIpc) is 3.14. The molecule has 0 atom stereocenters. The van der Waals surface area contributed by atoms with E-state index in [2.05, 4.69) is 0 Å². The van der Waals surface area contributed by atoms with E-state index in [1.165, 1.54) is 12.8 Å². The SMILES string of the molecule is NC1(C2CC2)CN(C(=O)c2coc3ccccc23)C1. The monoisotopic (exact) mass is 256 g/mol. The Morgan fingerprint density at radius 2 is 2.05 bits per heavy atom. The molecular formula is C15H16N2O2. The molecule has 98 valence electrons. The zero-order chi connectivity index (χ0) is 13.0. The summed E-state index contributed by atoms with van der Waals surface area (Å²) in [4.78, 5) is 14.3. The number of nitrogens with zero attached hydrogens (tertiary/aromatic N) is 1. The molecule has 19 heavy (non-hydrogen) atoms. The van der Waals surface area contributed by atoms with Crippen LogP contribution in [0, 0.1) is 5.92 Å². The fraction of sp³-hybridized carbons (Fsp3) is 0.400. The lowest BCUT2D eigenvalue weighted by Crippen LogP contribution is -2.69. The summed E-state index contributed by atoms with van der Waals surface area (Å²) in [5.74, 6) is 0.657. The van der Waals surface area contributed by atoms with Crippen LogP contribution in [0.4, 0.5) is 0 Å². The van der Waals surface area contributed by atoms with Crippen LogP contribution in [0.15, 0.2) is 34.9 Å². The molecule has 1 aromatic heterocycles. The van der Waals surface area contributed by atoms with Gasteiger partial charge in [0, 0.05) is 18.5 Å². The minimum atomic E-state index is -0.130. The Bertz CT molecular complexity index is 651. The predicted octanol–water partition coefficient (Wildman–Crippen LogP) is 2.00. The van der Waals surface area contributed by atoms with E-state index in [0.717, 1.165) is 11.0 Å². The van der Waals surface area contributed by atoms with Crippen molar-refractivity contribution >= 4 is 16.9 Å². The van der Waals surface area contributed by atoms with Gasteiger partial charge in [-0.3, -0.25) is 4.79 Å². The largest absolute Gasteiger partial charge is 0.463 e. The van der Waals surface area contributed by atoms with Crippen LogP contribution >= 0.6 is 0 Å². The van der Waals surface area contributed by atoms with Gasteiger partial charge < -0.3 is 15.1 Å². The van der Waals surface area contributed by atoms with Crippen LogP contribution in [0.2, 0.25) is 0 Å². The summed E-state index contributed by atoms with van der Waals surface area (Å²) < 4.78 is 5.42. The summed E-state index contributed by atoms with van der Waals surface area (Å²) in [5.41, 5.74) is 7.56. The average molecular weight is 256 g/mol. The number of amides is 1. The van der Waals surface area contributed by atoms with Gasteiger partial charge in [-0.05, 0) is 24.8 Å². The lowest BCUT2D eigenvalue weighted by molar-refractivity contribution is 0.0351. The maximum absolute atomic E-state index is 12.4. The standard InChI is InChI=1S/C15H16N2O2/c16-15(10-5-6-10)8-17(9-15)14(18)12-7-19-13-4-2-1-3-11(12)13/h1-4,7,10H,5-6,8-9,16H2. The van der Waals surface area contributed by atoms with E-state index in [9.17, 15) is 4.79 Å². The number of hydrogen-bond donors (Lipinski definition) is 1. The number of carbonyl (C=O) groups is 1. The van der Waals surface area contributed by atoms with Crippen LogP contribution in [-0.4, -0.2) is 29.4 Å². The number of para-hydroxylation sites is 1. The van der Waals surface area contributed by atoms with Gasteiger partial charge in [-0.1, -0.05) is 18.2 Å². The molecule has 1 saturated carbocycles. The molecule has 0 bridgehead atoms. The van der Waals surface area contributed by atoms with Crippen LogP contribution in [0.5, 0.6) is 0 Å². The third-order valence-corrected chi connectivity index (χ3v) is 4.36. The number of furan rings is 1. The van der Waals surface area contributed by atoms with Crippen LogP contribution in [0.3, 0.4) is 0 Å². The number of nitrogens with two attached hydrogens (primary N) is 1. The number of rotatable bonds is 2. The van der Waals surface area contributed by atoms with Crippen molar-refractivity contribution in [1.82, 2.24) is 4.90 Å². The first-order valence-corrected chi connectivity index (χ1v) is 6.72. The normalized spacial score (nSPS) is 21.4. The van der Waals surface area contributed by atoms with Crippen molar-refractivity contribution in [2.45, 2.75) is 18.4 Å². The maximum Gasteiger partial charge on any atom is 0.257 e. The molecule has 4 heteroatoms. The highest BCUT2D eigenvalue weighted by molar-refractivity contribution is 6.06. The second kappa shape index (κ2) is 3.61. The van der Waals surface area contributed by atoms with Gasteiger partial charge in [0.2, 0.25) is 0 Å². The zero-order valence-electron chi connectivity index (χ0n) is 10.6. The molecule has 2 heterocycles. The van der Waals surface area contributed by atoms with Crippen molar-refractivity contribution in [3.8, 4) is 0 Å². The lowest BCUT2D eigenvalue weighted by Gasteiger charge is -2.48. The molecule has 1 amide bonds. The second-order valence-electron chi connectivity index (χ2n) is 5.81. The molecule has 2 N–H and O–H groups in total. The van der Waals surface area contributed by atoms with Gasteiger partial charge in [-0.15, -0.1) is 0 Å². The first-order valence-electron chi connectivity index (χ1n) is 6.72. The summed E-state index contributed by atoms with van der Waals surface area (Å²) in [6.07, 6.45) is 3.99. The zero-order valence-corrected chi connectivity index (χ0v) is 10.6. The number of likely N-dealkylation sites (tertiary alicyclic amines) is 1. The van der Waals surface area contributed by atoms with Gasteiger partial charge in [-0.25, -0.2) is 0 Å². The fourth-order valence-electron chi connectivity index (χ4n) is 3.04. The van der Waals surface area contributed by atoms with Crippen LogP contribution in [-0.2, 0) is 0 Å². The van der Waals surface area contributed by atoms with Gasteiger partial charge in [0.1, 0.15) is 11.8 Å². The van der Waals surface area contributed by atoms with Gasteiger partial charge >= 0.3 is 0 Å². The Balaban J connectivity index is 1.58. The third kappa shape index (κ3) is 1.60. The minimum Gasteiger partial charge on any atom is -0.463 e. The summed E-state index contributed by atoms with van der Waals surface area (Å²) in [5, 5.41) is 0.883. The molecular weight excluding hydrogens is 240 g/mol. The molecule has 1 saturated heterocycles. The quantitative estimate of drug-likeness (QED) is 0.894. The molecule has 1 aliphatic heterocycles. The Morgan fingerprint density at radius 1 is 1.32 bits per heavy atom. The van der Waals surface area contributed by atoms with E-state index < -0.39 is 0 Å². The predicted molar refractivity (Wildman–Crippen MR) is 71.8 cm³/mol. The van der Waals surface area contributed by atoms with Gasteiger partial charge in [0.25, 0.3) is 5.91 Å². The van der Waals surface area contributed by atoms with Crippen molar-refractivity contribution in [2.24, 2.45) is 11.7 Å². The van der Waals surface area contributed by atoms with Crippen LogP contribution < -0.4 is 5.73 Å². The van der Waals surface area contributed by atoms with Crippen molar-refractivity contribution < 1.29 is 9.21 Å². The molecule has 4 rings (SSSR count). The van der Waals surface area contributed by atoms with E-state index >= 15 is 0 Å². The highest BCUT2D eigenvalue weighted by atomic mass is 16.3. The Labute approximate surface area is 111 Å². The lowest BCUT2D eigenvalue weighted by atomic mass is 9.85. The van der Waals surface area contributed by atoms with Gasteiger partial charge in [0.05, 0.1) is 11.1 Å². The summed E-state index contributed by atoms with van der Waals surface area (Å²) in [7, 11) is 0. The molecule has 1 aromatic carbocycles.